The molecule has 0 aliphatic carbocycles. The van der Waals surface area contributed by atoms with Gasteiger partial charge in [-0.25, -0.2) is 0 Å². The fourth-order valence-corrected chi connectivity index (χ4v) is 2.57. The Labute approximate surface area is 116 Å². The first-order valence-corrected chi connectivity index (χ1v) is 7.13. The summed E-state index contributed by atoms with van der Waals surface area (Å²) in [4.78, 5) is 4.59. The molecule has 1 nitrogen and oxygen atoms in total. The number of aromatic nitrogens is 1. The van der Waals surface area contributed by atoms with Gasteiger partial charge in [-0.3, -0.25) is 4.98 Å². The third kappa shape index (κ3) is 2.70. The van der Waals surface area contributed by atoms with E-state index in [-0.39, 0.29) is 5.41 Å². The van der Waals surface area contributed by atoms with Crippen molar-refractivity contribution in [2.45, 2.75) is 46.0 Å². The van der Waals surface area contributed by atoms with Crippen LogP contribution >= 0.6 is 0 Å². The first kappa shape index (κ1) is 13.8. The van der Waals surface area contributed by atoms with Crippen LogP contribution in [0, 0.1) is 6.92 Å². The minimum absolute atomic E-state index is 0.247. The van der Waals surface area contributed by atoms with E-state index in [0.717, 1.165) is 18.5 Å². The van der Waals surface area contributed by atoms with Crippen LogP contribution in [0.25, 0.3) is 11.3 Å². The Morgan fingerprint density at radius 1 is 1.05 bits per heavy atom. The summed E-state index contributed by atoms with van der Waals surface area (Å²) < 4.78 is 0. The minimum Gasteiger partial charge on any atom is -0.256 e. The van der Waals surface area contributed by atoms with Crippen molar-refractivity contribution < 1.29 is 0 Å². The molecule has 0 spiro atoms. The number of aryl methyl sites for hydroxylation is 1. The maximum absolute atomic E-state index is 4.59. The molecule has 1 heteroatoms. The second-order valence-electron chi connectivity index (χ2n) is 5.52. The second-order valence-corrected chi connectivity index (χ2v) is 5.52. The van der Waals surface area contributed by atoms with E-state index >= 15 is 0 Å². The van der Waals surface area contributed by atoms with Crippen molar-refractivity contribution in [1.29, 1.82) is 0 Å². The van der Waals surface area contributed by atoms with Gasteiger partial charge in [-0.15, -0.1) is 0 Å². The first-order chi connectivity index (χ1) is 9.10. The molecule has 0 amide bonds. The lowest BCUT2D eigenvalue weighted by Crippen LogP contribution is -2.21. The van der Waals surface area contributed by atoms with Gasteiger partial charge in [-0.2, -0.15) is 0 Å². The Hall–Kier alpha value is -1.63. The highest BCUT2D eigenvalue weighted by Gasteiger charge is 2.24. The Bertz CT molecular complexity index is 539. The molecule has 0 bridgehead atoms. The van der Waals surface area contributed by atoms with Gasteiger partial charge in [-0.1, -0.05) is 51.1 Å². The summed E-state index contributed by atoms with van der Waals surface area (Å²) in [6, 6.07) is 12.7. The number of nitrogens with zero attached hydrogens (tertiary/aromatic N) is 1. The average molecular weight is 253 g/mol. The minimum atomic E-state index is 0.247. The van der Waals surface area contributed by atoms with Gasteiger partial charge >= 0.3 is 0 Å². The lowest BCUT2D eigenvalue weighted by atomic mass is 9.76. The van der Waals surface area contributed by atoms with E-state index in [0.29, 0.717) is 0 Å². The van der Waals surface area contributed by atoms with E-state index in [4.69, 9.17) is 0 Å². The molecule has 2 rings (SSSR count). The maximum atomic E-state index is 4.59. The van der Waals surface area contributed by atoms with E-state index < -0.39 is 0 Å². The van der Waals surface area contributed by atoms with Crippen LogP contribution in [0.3, 0.4) is 0 Å². The summed E-state index contributed by atoms with van der Waals surface area (Å²) in [6.07, 6.45) is 4.33. The SMILES string of the molecule is CCC(C)(CC)c1cc(-c2ccccc2)ncc1C. The zero-order valence-electron chi connectivity index (χ0n) is 12.4. The molecule has 0 N–H and O–H groups in total. The van der Waals surface area contributed by atoms with Crippen LogP contribution in [0.4, 0.5) is 0 Å². The van der Waals surface area contributed by atoms with Gasteiger partial charge in [0.05, 0.1) is 5.69 Å². The maximum Gasteiger partial charge on any atom is 0.0705 e. The van der Waals surface area contributed by atoms with Crippen LogP contribution in [0.2, 0.25) is 0 Å². The van der Waals surface area contributed by atoms with Crippen LogP contribution in [0.15, 0.2) is 42.6 Å². The number of hydrogen-bond acceptors (Lipinski definition) is 1. The molecule has 19 heavy (non-hydrogen) atoms. The summed E-state index contributed by atoms with van der Waals surface area (Å²) in [7, 11) is 0. The third-order valence-corrected chi connectivity index (χ3v) is 4.38. The zero-order valence-corrected chi connectivity index (χ0v) is 12.4. The lowest BCUT2D eigenvalue weighted by molar-refractivity contribution is 0.436. The van der Waals surface area contributed by atoms with Crippen molar-refractivity contribution in [3.8, 4) is 11.3 Å². The Morgan fingerprint density at radius 3 is 2.26 bits per heavy atom. The predicted octanol–water partition coefficient (Wildman–Crippen LogP) is 5.13. The molecule has 0 atom stereocenters. The molecule has 1 aromatic heterocycles. The second kappa shape index (κ2) is 5.56. The Kier molecular flexibility index (Phi) is 4.04. The molecule has 0 aliphatic heterocycles. The highest BCUT2D eigenvalue weighted by molar-refractivity contribution is 5.60. The van der Waals surface area contributed by atoms with Crippen LogP contribution in [-0.2, 0) is 5.41 Å². The van der Waals surface area contributed by atoms with E-state index in [1.165, 1.54) is 16.7 Å². The fraction of sp³-hybridized carbons (Fsp3) is 0.389. The van der Waals surface area contributed by atoms with Gasteiger partial charge in [-0.05, 0) is 42.4 Å². The van der Waals surface area contributed by atoms with Crippen molar-refractivity contribution >= 4 is 0 Å². The molecule has 100 valence electrons. The molecule has 0 saturated carbocycles. The summed E-state index contributed by atoms with van der Waals surface area (Å²) in [5, 5.41) is 0. The number of hydrogen-bond donors (Lipinski definition) is 0. The van der Waals surface area contributed by atoms with Gasteiger partial charge in [0.2, 0.25) is 0 Å². The largest absolute Gasteiger partial charge is 0.256 e. The van der Waals surface area contributed by atoms with E-state index in [2.05, 4.69) is 63.0 Å². The molecule has 0 radical (unpaired) electrons. The number of benzene rings is 1. The molecular weight excluding hydrogens is 230 g/mol. The Morgan fingerprint density at radius 2 is 1.68 bits per heavy atom. The molecule has 1 heterocycles. The van der Waals surface area contributed by atoms with Crippen molar-refractivity contribution in [3.05, 3.63) is 53.7 Å². The summed E-state index contributed by atoms with van der Waals surface area (Å²) >= 11 is 0. The zero-order chi connectivity index (χ0) is 13.9. The average Bonchev–Trinajstić information content (AvgIpc) is 2.48. The highest BCUT2D eigenvalue weighted by Crippen LogP contribution is 2.34. The standard InChI is InChI=1S/C18H23N/c1-5-18(4,6-2)16-12-17(19-13-14(16)3)15-10-8-7-9-11-15/h7-13H,5-6H2,1-4H3. The van der Waals surface area contributed by atoms with Gasteiger partial charge in [0.25, 0.3) is 0 Å². The van der Waals surface area contributed by atoms with Gasteiger partial charge < -0.3 is 0 Å². The number of pyridine rings is 1. The first-order valence-electron chi connectivity index (χ1n) is 7.13. The molecule has 1 aromatic carbocycles. The van der Waals surface area contributed by atoms with Crippen LogP contribution < -0.4 is 0 Å². The molecule has 0 aliphatic rings. The van der Waals surface area contributed by atoms with Crippen molar-refractivity contribution in [1.82, 2.24) is 4.98 Å². The van der Waals surface area contributed by atoms with Crippen LogP contribution in [0.5, 0.6) is 0 Å². The molecule has 0 saturated heterocycles. The summed E-state index contributed by atoms with van der Waals surface area (Å²) in [5.41, 5.74) is 5.25. The fourth-order valence-electron chi connectivity index (χ4n) is 2.57. The molecular formula is C18H23N. The van der Waals surface area contributed by atoms with Crippen molar-refractivity contribution in [3.63, 3.8) is 0 Å². The molecule has 0 unspecified atom stereocenters. The van der Waals surface area contributed by atoms with E-state index in [1.807, 2.05) is 12.3 Å². The van der Waals surface area contributed by atoms with Crippen molar-refractivity contribution in [2.24, 2.45) is 0 Å². The third-order valence-electron chi connectivity index (χ3n) is 4.38. The summed E-state index contributed by atoms with van der Waals surface area (Å²) in [6.45, 7) is 9.06. The van der Waals surface area contributed by atoms with Crippen LogP contribution in [-0.4, -0.2) is 4.98 Å². The van der Waals surface area contributed by atoms with E-state index in [9.17, 15) is 0 Å². The topological polar surface area (TPSA) is 12.9 Å². The molecule has 2 aromatic rings. The quantitative estimate of drug-likeness (QED) is 0.735. The summed E-state index contributed by atoms with van der Waals surface area (Å²) in [5.74, 6) is 0. The predicted molar refractivity (Wildman–Crippen MR) is 82.3 cm³/mol. The Balaban J connectivity index is 2.52. The normalized spacial score (nSPS) is 11.6. The monoisotopic (exact) mass is 253 g/mol. The van der Waals surface area contributed by atoms with Gasteiger partial charge in [0.1, 0.15) is 0 Å². The lowest BCUT2D eigenvalue weighted by Gasteiger charge is -2.29. The van der Waals surface area contributed by atoms with Gasteiger partial charge in [0.15, 0.2) is 0 Å². The smallest absolute Gasteiger partial charge is 0.0705 e. The number of rotatable bonds is 4. The van der Waals surface area contributed by atoms with Crippen molar-refractivity contribution in [2.75, 3.05) is 0 Å². The molecule has 0 fully saturated rings. The highest BCUT2D eigenvalue weighted by atomic mass is 14.7. The van der Waals surface area contributed by atoms with Gasteiger partial charge in [0, 0.05) is 11.8 Å². The van der Waals surface area contributed by atoms with E-state index in [1.54, 1.807) is 0 Å². The van der Waals surface area contributed by atoms with Crippen LogP contribution in [0.1, 0.15) is 44.7 Å².